The molecular formula is C6H10N2O5S. The standard InChI is InChI=1S/C6H10N2O5S/c1-3-6(7,4(2)9)5(10)8(3)14(11,12)13/h3H,7H2,1-2H3,(H,11,12,13). The van der Waals surface area contributed by atoms with Gasteiger partial charge in [-0.05, 0) is 13.8 Å². The summed E-state index contributed by atoms with van der Waals surface area (Å²) in [7, 11) is -4.62. The van der Waals surface area contributed by atoms with E-state index in [0.29, 0.717) is 0 Å². The molecule has 7 nitrogen and oxygen atoms in total. The van der Waals surface area contributed by atoms with Gasteiger partial charge in [0.2, 0.25) is 0 Å². The fourth-order valence-corrected chi connectivity index (χ4v) is 2.33. The van der Waals surface area contributed by atoms with E-state index in [1.165, 1.54) is 6.92 Å². The van der Waals surface area contributed by atoms with Crippen molar-refractivity contribution >= 4 is 22.0 Å². The molecule has 1 rings (SSSR count). The number of carbonyl (C=O) groups is 2. The maximum absolute atomic E-state index is 11.2. The number of β-lactam (4-membered cyclic amide) rings is 1. The van der Waals surface area contributed by atoms with Gasteiger partial charge in [0.1, 0.15) is 0 Å². The van der Waals surface area contributed by atoms with Crippen LogP contribution in [0.2, 0.25) is 0 Å². The molecule has 0 spiro atoms. The lowest BCUT2D eigenvalue weighted by Gasteiger charge is -2.48. The van der Waals surface area contributed by atoms with Crippen LogP contribution in [0.3, 0.4) is 0 Å². The summed E-state index contributed by atoms with van der Waals surface area (Å²) in [4.78, 5) is 22.2. The summed E-state index contributed by atoms with van der Waals surface area (Å²) in [5.41, 5.74) is 3.58. The maximum atomic E-state index is 11.2. The lowest BCUT2D eigenvalue weighted by atomic mass is 9.80. The van der Waals surface area contributed by atoms with Crippen LogP contribution in [0.1, 0.15) is 13.8 Å². The van der Waals surface area contributed by atoms with Crippen LogP contribution in [0.4, 0.5) is 0 Å². The summed E-state index contributed by atoms with van der Waals surface area (Å²) in [6, 6.07) is -1.05. The van der Waals surface area contributed by atoms with Gasteiger partial charge in [-0.15, -0.1) is 0 Å². The van der Waals surface area contributed by atoms with Gasteiger partial charge in [-0.25, -0.2) is 4.31 Å². The van der Waals surface area contributed by atoms with Crippen molar-refractivity contribution in [1.29, 1.82) is 0 Å². The highest BCUT2D eigenvalue weighted by Gasteiger charge is 2.63. The molecule has 1 aliphatic rings. The van der Waals surface area contributed by atoms with E-state index in [9.17, 15) is 18.0 Å². The predicted octanol–water partition coefficient (Wildman–Crippen LogP) is -1.69. The Labute approximate surface area is 80.7 Å². The highest BCUT2D eigenvalue weighted by Crippen LogP contribution is 2.31. The van der Waals surface area contributed by atoms with Crippen LogP contribution in [0.15, 0.2) is 0 Å². The molecule has 1 aliphatic heterocycles. The smallest absolute Gasteiger partial charge is 0.309 e. The molecule has 1 fully saturated rings. The van der Waals surface area contributed by atoms with Crippen LogP contribution in [0, 0.1) is 0 Å². The molecule has 2 unspecified atom stereocenters. The third-order valence-electron chi connectivity index (χ3n) is 2.40. The van der Waals surface area contributed by atoms with E-state index in [1.807, 2.05) is 0 Å². The van der Waals surface area contributed by atoms with E-state index < -0.39 is 33.6 Å². The second kappa shape index (κ2) is 2.75. The number of hydrogen-bond acceptors (Lipinski definition) is 5. The van der Waals surface area contributed by atoms with Crippen molar-refractivity contribution in [3.8, 4) is 0 Å². The summed E-state index contributed by atoms with van der Waals surface area (Å²) in [6.07, 6.45) is 0. The SMILES string of the molecule is CC(=O)C1(N)C(=O)N(S(=O)(=O)O)C1C. The molecule has 14 heavy (non-hydrogen) atoms. The Balaban J connectivity index is 3.09. The Kier molecular flexibility index (Phi) is 2.18. The Morgan fingerprint density at radius 1 is 1.64 bits per heavy atom. The molecule has 0 aliphatic carbocycles. The van der Waals surface area contributed by atoms with Crippen molar-refractivity contribution < 1.29 is 22.6 Å². The molecule has 3 N–H and O–H groups in total. The molecule has 1 heterocycles. The third kappa shape index (κ3) is 1.15. The highest BCUT2D eigenvalue weighted by atomic mass is 32.2. The van der Waals surface area contributed by atoms with Crippen molar-refractivity contribution in [2.75, 3.05) is 0 Å². The number of hydrogen-bond donors (Lipinski definition) is 2. The van der Waals surface area contributed by atoms with E-state index in [0.717, 1.165) is 6.92 Å². The summed E-state index contributed by atoms with van der Waals surface area (Å²) in [5.74, 6) is -1.73. The van der Waals surface area contributed by atoms with Gasteiger partial charge in [0.25, 0.3) is 5.91 Å². The van der Waals surface area contributed by atoms with Crippen molar-refractivity contribution in [1.82, 2.24) is 4.31 Å². The molecule has 0 aromatic rings. The molecular weight excluding hydrogens is 212 g/mol. The molecule has 0 aromatic heterocycles. The van der Waals surface area contributed by atoms with Crippen molar-refractivity contribution in [3.05, 3.63) is 0 Å². The highest BCUT2D eigenvalue weighted by molar-refractivity contribution is 7.84. The zero-order valence-electron chi connectivity index (χ0n) is 7.59. The second-order valence-electron chi connectivity index (χ2n) is 3.18. The molecule has 80 valence electrons. The Morgan fingerprint density at radius 2 is 2.07 bits per heavy atom. The first-order valence-electron chi connectivity index (χ1n) is 3.74. The maximum Gasteiger partial charge on any atom is 0.362 e. The largest absolute Gasteiger partial charge is 0.362 e. The number of amides is 1. The lowest BCUT2D eigenvalue weighted by molar-refractivity contribution is -0.154. The van der Waals surface area contributed by atoms with Crippen molar-refractivity contribution in [2.45, 2.75) is 25.4 Å². The summed E-state index contributed by atoms with van der Waals surface area (Å²) in [6.45, 7) is 2.37. The number of carbonyl (C=O) groups excluding carboxylic acids is 2. The molecule has 0 radical (unpaired) electrons. The molecule has 1 amide bonds. The van der Waals surface area contributed by atoms with E-state index in [1.54, 1.807) is 0 Å². The number of nitrogens with two attached hydrogens (primary N) is 1. The van der Waals surface area contributed by atoms with Gasteiger partial charge in [-0.1, -0.05) is 0 Å². The van der Waals surface area contributed by atoms with E-state index in [2.05, 4.69) is 0 Å². The van der Waals surface area contributed by atoms with Gasteiger partial charge in [0.15, 0.2) is 11.3 Å². The Bertz CT molecular complexity index is 402. The van der Waals surface area contributed by atoms with E-state index in [-0.39, 0.29) is 4.31 Å². The van der Waals surface area contributed by atoms with Crippen molar-refractivity contribution in [2.24, 2.45) is 5.73 Å². The van der Waals surface area contributed by atoms with Gasteiger partial charge in [-0.2, -0.15) is 8.42 Å². The lowest BCUT2D eigenvalue weighted by Crippen LogP contribution is -2.81. The summed E-state index contributed by atoms with van der Waals surface area (Å²) in [5, 5.41) is 0. The zero-order chi connectivity index (χ0) is 11.3. The third-order valence-corrected chi connectivity index (χ3v) is 3.38. The van der Waals surface area contributed by atoms with E-state index >= 15 is 0 Å². The van der Waals surface area contributed by atoms with Gasteiger partial charge in [0, 0.05) is 0 Å². The van der Waals surface area contributed by atoms with Gasteiger partial charge < -0.3 is 5.73 Å². The van der Waals surface area contributed by atoms with Crippen LogP contribution < -0.4 is 5.73 Å². The van der Waals surface area contributed by atoms with Crippen molar-refractivity contribution in [3.63, 3.8) is 0 Å². The number of ketones is 1. The Morgan fingerprint density at radius 3 is 2.29 bits per heavy atom. The van der Waals surface area contributed by atoms with Crippen LogP contribution in [0.25, 0.3) is 0 Å². The normalized spacial score (nSPS) is 32.7. The predicted molar refractivity (Wildman–Crippen MR) is 45.5 cm³/mol. The average molecular weight is 222 g/mol. The van der Waals surface area contributed by atoms with Gasteiger partial charge >= 0.3 is 10.3 Å². The van der Waals surface area contributed by atoms with E-state index in [4.69, 9.17) is 10.3 Å². The summed E-state index contributed by atoms with van der Waals surface area (Å²) >= 11 is 0. The molecule has 1 saturated heterocycles. The minimum Gasteiger partial charge on any atom is -0.309 e. The molecule has 0 bridgehead atoms. The number of Topliss-reactive ketones (excluding diaryl/α,β-unsaturated/α-hetero) is 1. The fourth-order valence-electron chi connectivity index (χ4n) is 1.41. The second-order valence-corrected chi connectivity index (χ2v) is 4.47. The number of rotatable bonds is 2. The Hall–Kier alpha value is -0.990. The first kappa shape index (κ1) is 11.1. The van der Waals surface area contributed by atoms with Crippen LogP contribution in [-0.2, 0) is 19.9 Å². The first-order valence-corrected chi connectivity index (χ1v) is 5.14. The zero-order valence-corrected chi connectivity index (χ0v) is 8.41. The minimum atomic E-state index is -4.62. The molecule has 0 aromatic carbocycles. The summed E-state index contributed by atoms with van der Waals surface area (Å²) < 4.78 is 30.1. The van der Waals surface area contributed by atoms with Gasteiger partial charge in [-0.3, -0.25) is 14.1 Å². The average Bonchev–Trinajstić information content (AvgIpc) is 2.00. The number of nitrogens with zero attached hydrogens (tertiary/aromatic N) is 1. The molecule has 2 atom stereocenters. The molecule has 8 heteroatoms. The topological polar surface area (TPSA) is 118 Å². The molecule has 0 saturated carbocycles. The fraction of sp³-hybridized carbons (Fsp3) is 0.667. The quantitative estimate of drug-likeness (QED) is 0.327. The van der Waals surface area contributed by atoms with Crippen LogP contribution in [-0.4, -0.2) is 40.5 Å². The van der Waals surface area contributed by atoms with Gasteiger partial charge in [0.05, 0.1) is 6.04 Å². The monoisotopic (exact) mass is 222 g/mol. The van der Waals surface area contributed by atoms with Crippen LogP contribution >= 0.6 is 0 Å². The van der Waals surface area contributed by atoms with Crippen LogP contribution in [0.5, 0.6) is 0 Å². The minimum absolute atomic E-state index is 0.189. The first-order chi connectivity index (χ1) is 6.13.